The normalized spacial score (nSPS) is 20.7. The van der Waals surface area contributed by atoms with E-state index in [2.05, 4.69) is 9.80 Å². The number of piperazine rings is 1. The maximum Gasteiger partial charge on any atom is 0.434 e. The van der Waals surface area contributed by atoms with Crippen LogP contribution >= 0.6 is 0 Å². The highest BCUT2D eigenvalue weighted by Gasteiger charge is 2.34. The summed E-state index contributed by atoms with van der Waals surface area (Å²) >= 11 is 0. The largest absolute Gasteiger partial charge is 0.434 e. The second-order valence-electron chi connectivity index (χ2n) is 7.68. The van der Waals surface area contributed by atoms with Crippen LogP contribution in [0.4, 0.5) is 14.9 Å². The van der Waals surface area contributed by atoms with Gasteiger partial charge in [0.2, 0.25) is 0 Å². The lowest BCUT2D eigenvalue weighted by Gasteiger charge is -2.34. The van der Waals surface area contributed by atoms with Crippen LogP contribution in [0, 0.1) is 5.82 Å². The van der Waals surface area contributed by atoms with Crippen LogP contribution < -0.4 is 4.90 Å². The van der Waals surface area contributed by atoms with E-state index in [-0.39, 0.29) is 18.7 Å². The van der Waals surface area contributed by atoms with Gasteiger partial charge in [0.25, 0.3) is 11.8 Å². The van der Waals surface area contributed by atoms with Crippen molar-refractivity contribution in [2.45, 2.75) is 32.2 Å². The molecule has 0 aromatic heterocycles. The van der Waals surface area contributed by atoms with Crippen molar-refractivity contribution in [3.63, 3.8) is 0 Å². The Morgan fingerprint density at radius 2 is 1.62 bits per heavy atom. The average Bonchev–Trinajstić information content (AvgIpc) is 3.36. The molecule has 0 aliphatic carbocycles. The highest BCUT2D eigenvalue weighted by Crippen LogP contribution is 2.25. The summed E-state index contributed by atoms with van der Waals surface area (Å²) in [7, 11) is 0. The fraction of sp³-hybridized carbons (Fsp3) is 0.550. The predicted molar refractivity (Wildman–Crippen MR) is 102 cm³/mol. The molecule has 1 aromatic rings. The molecular weight excluding hydrogens is 379 g/mol. The second-order valence-corrected chi connectivity index (χ2v) is 7.68. The summed E-state index contributed by atoms with van der Waals surface area (Å²) in [6.07, 6.45) is 1.67. The Bertz CT molecular complexity index is 788. The Kier molecular flexibility index (Phi) is 5.66. The molecule has 0 radical (unpaired) electrons. The number of halogens is 1. The first-order valence-electron chi connectivity index (χ1n) is 10.1. The van der Waals surface area contributed by atoms with E-state index in [0.29, 0.717) is 43.5 Å². The zero-order chi connectivity index (χ0) is 20.4. The van der Waals surface area contributed by atoms with Crippen molar-refractivity contribution in [3.8, 4) is 0 Å². The lowest BCUT2D eigenvalue weighted by Crippen LogP contribution is -2.50. The fourth-order valence-corrected chi connectivity index (χ4v) is 4.00. The van der Waals surface area contributed by atoms with Crippen molar-refractivity contribution in [1.29, 1.82) is 0 Å². The third kappa shape index (κ3) is 4.34. The van der Waals surface area contributed by atoms with Crippen molar-refractivity contribution in [2.75, 3.05) is 44.2 Å². The molecule has 3 aliphatic heterocycles. The molecule has 3 aliphatic rings. The van der Waals surface area contributed by atoms with E-state index in [1.165, 1.54) is 11.0 Å². The molecule has 0 bridgehead atoms. The van der Waals surface area contributed by atoms with Crippen molar-refractivity contribution >= 4 is 23.6 Å². The Labute approximate surface area is 168 Å². The minimum atomic E-state index is -0.675. The number of anilines is 1. The van der Waals surface area contributed by atoms with Crippen molar-refractivity contribution in [3.05, 3.63) is 29.6 Å². The van der Waals surface area contributed by atoms with Gasteiger partial charge >= 0.3 is 6.09 Å². The molecule has 156 valence electrons. The molecule has 4 rings (SSSR count). The Morgan fingerprint density at radius 3 is 2.28 bits per heavy atom. The van der Waals surface area contributed by atoms with Gasteiger partial charge in [0.15, 0.2) is 0 Å². The number of hydrogen-bond donors (Lipinski definition) is 0. The van der Waals surface area contributed by atoms with E-state index in [0.717, 1.165) is 31.5 Å². The Balaban J connectivity index is 1.30. The number of imide groups is 1. The SMILES string of the molecule is O=C(ON1C(=O)CCC1=O)N1CCN(Cc2ccc(F)c(N3CCCC3)c2)CC1. The van der Waals surface area contributed by atoms with Gasteiger partial charge in [-0.15, -0.1) is 5.06 Å². The number of hydrogen-bond acceptors (Lipinski definition) is 6. The molecule has 8 nitrogen and oxygen atoms in total. The van der Waals surface area contributed by atoms with Gasteiger partial charge in [0, 0.05) is 58.7 Å². The summed E-state index contributed by atoms with van der Waals surface area (Å²) in [5.74, 6) is -1.14. The van der Waals surface area contributed by atoms with Crippen LogP contribution in [0.5, 0.6) is 0 Å². The van der Waals surface area contributed by atoms with E-state index in [9.17, 15) is 18.8 Å². The molecule has 9 heteroatoms. The van der Waals surface area contributed by atoms with E-state index in [1.54, 1.807) is 6.07 Å². The summed E-state index contributed by atoms with van der Waals surface area (Å²) in [5, 5.41) is 0.576. The smallest absolute Gasteiger partial charge is 0.369 e. The van der Waals surface area contributed by atoms with Crippen molar-refractivity contribution in [1.82, 2.24) is 14.9 Å². The molecule has 0 saturated carbocycles. The number of amides is 3. The van der Waals surface area contributed by atoms with Gasteiger partial charge in [0.1, 0.15) is 5.82 Å². The number of rotatable bonds is 4. The molecular formula is C20H25FN4O4. The third-order valence-corrected chi connectivity index (χ3v) is 5.67. The first-order valence-corrected chi connectivity index (χ1v) is 10.1. The highest BCUT2D eigenvalue weighted by atomic mass is 19.1. The lowest BCUT2D eigenvalue weighted by molar-refractivity contribution is -0.174. The predicted octanol–water partition coefficient (Wildman–Crippen LogP) is 1.74. The van der Waals surface area contributed by atoms with Gasteiger partial charge in [0.05, 0.1) is 5.69 Å². The van der Waals surface area contributed by atoms with Crippen LogP contribution in [0.25, 0.3) is 0 Å². The van der Waals surface area contributed by atoms with Gasteiger partial charge in [-0.25, -0.2) is 9.18 Å². The number of nitrogens with zero attached hydrogens (tertiary/aromatic N) is 4. The van der Waals surface area contributed by atoms with Crippen LogP contribution in [0.15, 0.2) is 18.2 Å². The van der Waals surface area contributed by atoms with Crippen LogP contribution in [0.3, 0.4) is 0 Å². The number of carbonyl (C=O) groups excluding carboxylic acids is 3. The lowest BCUT2D eigenvalue weighted by atomic mass is 10.1. The van der Waals surface area contributed by atoms with Gasteiger partial charge < -0.3 is 14.6 Å². The molecule has 0 spiro atoms. The number of hydroxylamine groups is 2. The molecule has 3 saturated heterocycles. The minimum Gasteiger partial charge on any atom is -0.369 e. The average molecular weight is 404 g/mol. The van der Waals surface area contributed by atoms with E-state index in [1.807, 2.05) is 6.07 Å². The monoisotopic (exact) mass is 404 g/mol. The molecule has 29 heavy (non-hydrogen) atoms. The van der Waals surface area contributed by atoms with E-state index >= 15 is 0 Å². The number of benzene rings is 1. The first kappa shape index (κ1) is 19.6. The van der Waals surface area contributed by atoms with Gasteiger partial charge in [-0.05, 0) is 30.5 Å². The molecule has 3 amide bonds. The molecule has 3 heterocycles. The van der Waals surface area contributed by atoms with Gasteiger partial charge in [-0.3, -0.25) is 14.5 Å². The molecule has 0 atom stereocenters. The summed E-state index contributed by atoms with van der Waals surface area (Å²) in [5.41, 5.74) is 1.71. The summed E-state index contributed by atoms with van der Waals surface area (Å²) in [4.78, 5) is 46.1. The van der Waals surface area contributed by atoms with Gasteiger partial charge in [-0.1, -0.05) is 6.07 Å². The number of carbonyl (C=O) groups is 3. The van der Waals surface area contributed by atoms with Crippen LogP contribution in [0.1, 0.15) is 31.2 Å². The van der Waals surface area contributed by atoms with E-state index < -0.39 is 17.9 Å². The minimum absolute atomic E-state index is 0.0803. The topological polar surface area (TPSA) is 73.4 Å². The maximum atomic E-state index is 14.2. The van der Waals surface area contributed by atoms with Crippen LogP contribution in [-0.2, 0) is 21.0 Å². The highest BCUT2D eigenvalue weighted by molar-refractivity contribution is 6.01. The van der Waals surface area contributed by atoms with Gasteiger partial charge in [-0.2, -0.15) is 0 Å². The summed E-state index contributed by atoms with van der Waals surface area (Å²) < 4.78 is 14.2. The first-order chi connectivity index (χ1) is 14.0. The third-order valence-electron chi connectivity index (χ3n) is 5.67. The van der Waals surface area contributed by atoms with E-state index in [4.69, 9.17) is 4.84 Å². The van der Waals surface area contributed by atoms with Crippen LogP contribution in [-0.4, -0.2) is 72.0 Å². The van der Waals surface area contributed by atoms with Crippen molar-refractivity contribution in [2.24, 2.45) is 0 Å². The summed E-state index contributed by atoms with van der Waals surface area (Å²) in [6, 6.07) is 5.26. The fourth-order valence-electron chi connectivity index (χ4n) is 4.00. The maximum absolute atomic E-state index is 14.2. The molecule has 0 N–H and O–H groups in total. The second kappa shape index (κ2) is 8.36. The Hall–Kier alpha value is -2.68. The zero-order valence-corrected chi connectivity index (χ0v) is 16.3. The van der Waals surface area contributed by atoms with Crippen LogP contribution in [0.2, 0.25) is 0 Å². The zero-order valence-electron chi connectivity index (χ0n) is 16.3. The molecule has 3 fully saturated rings. The Morgan fingerprint density at radius 1 is 0.966 bits per heavy atom. The summed E-state index contributed by atoms with van der Waals surface area (Å²) in [6.45, 7) is 4.60. The quantitative estimate of drug-likeness (QED) is 0.712. The van der Waals surface area contributed by atoms with Crippen molar-refractivity contribution < 1.29 is 23.6 Å². The standard InChI is InChI=1S/C20H25FN4O4/c21-16-4-3-15(13-17(16)23-7-1-2-8-23)14-22-9-11-24(12-10-22)20(28)29-25-18(26)5-6-19(25)27/h3-4,13H,1-2,5-12,14H2. The molecule has 1 aromatic carbocycles. The molecule has 0 unspecified atom stereocenters.